The van der Waals surface area contributed by atoms with Crippen LogP contribution in [0.1, 0.15) is 25.3 Å². The van der Waals surface area contributed by atoms with Gasteiger partial charge < -0.3 is 29.4 Å². The number of hydrogen-bond acceptors (Lipinski definition) is 8. The molecule has 0 aromatic carbocycles. The van der Waals surface area contributed by atoms with E-state index in [0.717, 1.165) is 19.0 Å². The molecule has 1 aliphatic rings. The zero-order valence-corrected chi connectivity index (χ0v) is 17.0. The van der Waals surface area contributed by atoms with Gasteiger partial charge in [-0.2, -0.15) is 0 Å². The lowest BCUT2D eigenvalue weighted by Crippen LogP contribution is -2.50. The lowest BCUT2D eigenvalue weighted by Gasteiger charge is -2.32. The summed E-state index contributed by atoms with van der Waals surface area (Å²) in [6.07, 6.45) is 0.0734. The van der Waals surface area contributed by atoms with Crippen LogP contribution in [-0.2, 0) is 20.6 Å². The van der Waals surface area contributed by atoms with Gasteiger partial charge in [-0.05, 0) is 12.5 Å². The molecule has 2 aromatic rings. The quantitative estimate of drug-likeness (QED) is 0.620. The first-order valence-corrected chi connectivity index (χ1v) is 9.84. The number of carbonyl (C=O) groups is 1. The molecule has 2 N–H and O–H groups in total. The number of nitrogens with zero attached hydrogens (tertiary/aromatic N) is 2. The molecule has 9 nitrogen and oxygen atoms in total. The van der Waals surface area contributed by atoms with E-state index in [0.29, 0.717) is 23.5 Å². The number of fused-ring (bicyclic) bond motifs is 1. The van der Waals surface area contributed by atoms with Crippen LogP contribution in [0.2, 0.25) is 0 Å². The number of aliphatic hydroxyl groups excluding tert-OH is 1. The summed E-state index contributed by atoms with van der Waals surface area (Å²) in [5, 5.41) is 13.2. The van der Waals surface area contributed by atoms with Crippen LogP contribution < -0.4 is 10.1 Å². The first-order valence-electron chi connectivity index (χ1n) is 9.84. The normalized spacial score (nSPS) is 20.0. The summed E-state index contributed by atoms with van der Waals surface area (Å²) < 4.78 is 35.6. The maximum absolute atomic E-state index is 14.4. The van der Waals surface area contributed by atoms with E-state index in [-0.39, 0.29) is 25.2 Å². The van der Waals surface area contributed by atoms with Gasteiger partial charge in [-0.15, -0.1) is 0 Å². The minimum Gasteiger partial charge on any atom is -0.481 e. The summed E-state index contributed by atoms with van der Waals surface area (Å²) in [4.78, 5) is 20.0. The van der Waals surface area contributed by atoms with Crippen molar-refractivity contribution in [1.82, 2.24) is 15.3 Å². The molecule has 3 heterocycles. The number of ether oxygens (including phenoxy) is 4. The number of amides is 1. The van der Waals surface area contributed by atoms with Crippen molar-refractivity contribution < 1.29 is 33.2 Å². The number of carbonyl (C=O) groups excluding carboxylic acids is 1. The Bertz CT molecular complexity index is 860. The number of hydrogen-bond donors (Lipinski definition) is 2. The summed E-state index contributed by atoms with van der Waals surface area (Å²) in [7, 11) is 1.46. The molecule has 1 saturated heterocycles. The van der Waals surface area contributed by atoms with Crippen LogP contribution in [0.5, 0.6) is 5.88 Å². The third-order valence-electron chi connectivity index (χ3n) is 4.65. The molecule has 0 spiro atoms. The van der Waals surface area contributed by atoms with Gasteiger partial charge in [-0.3, -0.25) is 4.98 Å². The fourth-order valence-electron chi connectivity index (χ4n) is 3.03. The summed E-state index contributed by atoms with van der Waals surface area (Å²) in [6, 6.07) is 2.90. The smallest absolute Gasteiger partial charge is 0.407 e. The van der Waals surface area contributed by atoms with E-state index in [4.69, 9.17) is 18.9 Å². The lowest BCUT2D eigenvalue weighted by atomic mass is 10.1. The predicted octanol–water partition coefficient (Wildman–Crippen LogP) is 1.95. The summed E-state index contributed by atoms with van der Waals surface area (Å²) >= 11 is 0. The maximum atomic E-state index is 14.4. The molecular formula is C20H26FN3O6. The minimum absolute atomic E-state index is 0.0904. The molecule has 0 bridgehead atoms. The van der Waals surface area contributed by atoms with Crippen LogP contribution in [0.3, 0.4) is 0 Å². The highest BCUT2D eigenvalue weighted by molar-refractivity contribution is 5.78. The zero-order valence-electron chi connectivity index (χ0n) is 17.0. The van der Waals surface area contributed by atoms with E-state index in [9.17, 15) is 14.3 Å². The fraction of sp³-hybridized carbons (Fsp3) is 0.550. The van der Waals surface area contributed by atoms with Gasteiger partial charge in [0.25, 0.3) is 0 Å². The van der Waals surface area contributed by atoms with Gasteiger partial charge in [0.05, 0.1) is 50.2 Å². The van der Waals surface area contributed by atoms with E-state index in [1.807, 2.05) is 6.92 Å². The van der Waals surface area contributed by atoms with Gasteiger partial charge in [0.1, 0.15) is 11.9 Å². The van der Waals surface area contributed by atoms with E-state index in [1.54, 1.807) is 12.1 Å². The molecule has 1 amide bonds. The Morgan fingerprint density at radius 3 is 2.87 bits per heavy atom. The highest BCUT2D eigenvalue weighted by atomic mass is 19.1. The third-order valence-corrected chi connectivity index (χ3v) is 4.65. The van der Waals surface area contributed by atoms with Crippen LogP contribution >= 0.6 is 0 Å². The molecular weight excluding hydrogens is 397 g/mol. The molecule has 1 aliphatic heterocycles. The number of nitrogens with one attached hydrogen (secondary N) is 1. The topological polar surface area (TPSA) is 112 Å². The Morgan fingerprint density at radius 1 is 1.40 bits per heavy atom. The van der Waals surface area contributed by atoms with Crippen molar-refractivity contribution in [2.45, 2.75) is 44.6 Å². The van der Waals surface area contributed by atoms with Crippen molar-refractivity contribution in [1.29, 1.82) is 0 Å². The average Bonchev–Trinajstić information content (AvgIpc) is 2.76. The van der Waals surface area contributed by atoms with Crippen LogP contribution in [0.4, 0.5) is 9.18 Å². The predicted molar refractivity (Wildman–Crippen MR) is 105 cm³/mol. The van der Waals surface area contributed by atoms with Crippen molar-refractivity contribution in [3.05, 3.63) is 29.7 Å². The zero-order chi connectivity index (χ0) is 21.5. The Labute approximate surface area is 173 Å². The number of aromatic nitrogens is 2. The molecule has 10 heteroatoms. The Morgan fingerprint density at radius 2 is 2.17 bits per heavy atom. The molecule has 30 heavy (non-hydrogen) atoms. The van der Waals surface area contributed by atoms with E-state index in [1.165, 1.54) is 7.11 Å². The average molecular weight is 423 g/mol. The van der Waals surface area contributed by atoms with Crippen LogP contribution in [0.15, 0.2) is 18.3 Å². The monoisotopic (exact) mass is 423 g/mol. The SMILES string of the molecule is CCCCOC(=O)N[C@H]1CO[C@H]([C@@H](O)Cc2c(F)cnc3ccc(OC)nc23)OC1. The second-order valence-corrected chi connectivity index (χ2v) is 6.94. The van der Waals surface area contributed by atoms with Crippen molar-refractivity contribution in [3.8, 4) is 5.88 Å². The molecule has 1 atom stereocenters. The number of aliphatic hydroxyl groups is 1. The minimum atomic E-state index is -1.14. The van der Waals surface area contributed by atoms with Crippen molar-refractivity contribution >= 4 is 17.1 Å². The molecule has 3 rings (SSSR count). The fourth-order valence-corrected chi connectivity index (χ4v) is 3.03. The first-order chi connectivity index (χ1) is 14.5. The summed E-state index contributed by atoms with van der Waals surface area (Å²) in [6.45, 7) is 2.62. The van der Waals surface area contributed by atoms with Gasteiger partial charge in [-0.25, -0.2) is 14.2 Å². The molecule has 0 unspecified atom stereocenters. The van der Waals surface area contributed by atoms with Crippen LogP contribution in [0, 0.1) is 5.82 Å². The van der Waals surface area contributed by atoms with E-state index >= 15 is 0 Å². The number of rotatable bonds is 8. The molecule has 164 valence electrons. The lowest BCUT2D eigenvalue weighted by molar-refractivity contribution is -0.229. The number of unbranched alkanes of at least 4 members (excludes halogenated alkanes) is 1. The Balaban J connectivity index is 1.58. The highest BCUT2D eigenvalue weighted by Gasteiger charge is 2.30. The molecule has 2 aromatic heterocycles. The first kappa shape index (κ1) is 22.1. The number of halogens is 1. The van der Waals surface area contributed by atoms with Gasteiger partial charge >= 0.3 is 6.09 Å². The van der Waals surface area contributed by atoms with Gasteiger partial charge in [-0.1, -0.05) is 13.3 Å². The van der Waals surface area contributed by atoms with Crippen LogP contribution in [0.25, 0.3) is 11.0 Å². The molecule has 0 radical (unpaired) electrons. The number of pyridine rings is 2. The molecule has 1 fully saturated rings. The maximum Gasteiger partial charge on any atom is 0.407 e. The summed E-state index contributed by atoms with van der Waals surface area (Å²) in [5.41, 5.74) is 0.979. The number of alkyl carbamates (subject to hydrolysis) is 1. The van der Waals surface area contributed by atoms with Gasteiger partial charge in [0, 0.05) is 18.1 Å². The van der Waals surface area contributed by atoms with E-state index < -0.39 is 30.3 Å². The highest BCUT2D eigenvalue weighted by Crippen LogP contribution is 2.24. The molecule has 0 saturated carbocycles. The number of methoxy groups -OCH3 is 1. The largest absolute Gasteiger partial charge is 0.481 e. The molecule has 0 aliphatic carbocycles. The second-order valence-electron chi connectivity index (χ2n) is 6.94. The second kappa shape index (κ2) is 10.5. The van der Waals surface area contributed by atoms with Crippen molar-refractivity contribution in [3.63, 3.8) is 0 Å². The van der Waals surface area contributed by atoms with E-state index in [2.05, 4.69) is 15.3 Å². The van der Waals surface area contributed by atoms with Crippen molar-refractivity contribution in [2.24, 2.45) is 0 Å². The third kappa shape index (κ3) is 5.53. The Hall–Kier alpha value is -2.56. The van der Waals surface area contributed by atoms with Gasteiger partial charge in [0.15, 0.2) is 6.29 Å². The summed E-state index contributed by atoms with van der Waals surface area (Å²) in [5.74, 6) is -0.275. The van der Waals surface area contributed by atoms with Gasteiger partial charge in [0.2, 0.25) is 5.88 Å². The Kier molecular flexibility index (Phi) is 7.72. The standard InChI is InChI=1S/C20H26FN3O6/c1-3-4-7-28-20(26)23-12-10-29-19(30-11-12)16(25)8-13-14(21)9-22-15-5-6-17(27-2)24-18(13)15/h5-6,9,12,16,19,25H,3-4,7-8,10-11H2,1-2H3,(H,23,26)/t12-,16-,19-/m0/s1. The van der Waals surface area contributed by atoms with Crippen LogP contribution in [-0.4, -0.2) is 66.5 Å². The van der Waals surface area contributed by atoms with Crippen molar-refractivity contribution in [2.75, 3.05) is 26.9 Å².